The van der Waals surface area contributed by atoms with Crippen molar-refractivity contribution < 1.29 is 24.2 Å². The minimum Gasteiger partial charge on any atom is -0.465 e. The minimum absolute atomic E-state index is 0.0577. The van der Waals surface area contributed by atoms with E-state index in [4.69, 9.17) is 9.47 Å². The van der Waals surface area contributed by atoms with Gasteiger partial charge in [-0.25, -0.2) is 4.79 Å². The molecule has 0 saturated carbocycles. The summed E-state index contributed by atoms with van der Waals surface area (Å²) in [5.74, 6) is -0.992. The van der Waals surface area contributed by atoms with Crippen LogP contribution in [0.25, 0.3) is 0 Å². The van der Waals surface area contributed by atoms with Gasteiger partial charge in [0, 0.05) is 12.5 Å². The Bertz CT molecular complexity index is 739. The first-order valence-corrected chi connectivity index (χ1v) is 18.5. The maximum absolute atomic E-state index is 12.4. The Morgan fingerprint density at radius 3 is 1.64 bits per heavy atom. The number of carbonyl (C=O) groups is 2. The van der Waals surface area contributed by atoms with Crippen LogP contribution in [0.1, 0.15) is 175 Å². The Hall–Kier alpha value is -1.88. The molecule has 0 fully saturated rings. The molecule has 0 saturated heterocycles. The Labute approximate surface area is 272 Å². The number of allylic oxidation sites excluding steroid dienone is 5. The Morgan fingerprint density at radius 1 is 0.568 bits per heavy atom. The van der Waals surface area contributed by atoms with Gasteiger partial charge in [0.1, 0.15) is 0 Å². The molecule has 0 spiro atoms. The maximum Gasteiger partial charge on any atom is 0.330 e. The first kappa shape index (κ1) is 42.1. The largest absolute Gasteiger partial charge is 0.465 e. The molecule has 0 bridgehead atoms. The van der Waals surface area contributed by atoms with Crippen molar-refractivity contribution >= 4 is 11.9 Å². The Morgan fingerprint density at radius 2 is 1.05 bits per heavy atom. The van der Waals surface area contributed by atoms with Gasteiger partial charge in [-0.1, -0.05) is 134 Å². The van der Waals surface area contributed by atoms with Crippen LogP contribution in [-0.2, 0) is 19.1 Å². The van der Waals surface area contributed by atoms with Crippen molar-refractivity contribution in [2.24, 2.45) is 5.92 Å². The van der Waals surface area contributed by atoms with E-state index < -0.39 is 5.92 Å². The molecular weight excluding hydrogens is 548 g/mol. The second-order valence-corrected chi connectivity index (χ2v) is 12.5. The summed E-state index contributed by atoms with van der Waals surface area (Å²) in [4.78, 5) is 24.6. The van der Waals surface area contributed by atoms with Gasteiger partial charge in [0.15, 0.2) is 0 Å². The highest BCUT2D eigenvalue weighted by Crippen LogP contribution is 2.18. The zero-order valence-electron chi connectivity index (χ0n) is 29.1. The fourth-order valence-corrected chi connectivity index (χ4v) is 5.08. The lowest BCUT2D eigenvalue weighted by atomic mass is 10.0. The fraction of sp³-hybridized carbons (Fsp3) is 0.795. The Balaban J connectivity index is 3.94. The summed E-state index contributed by atoms with van der Waals surface area (Å²) in [5.41, 5.74) is 1.16. The topological polar surface area (TPSA) is 72.8 Å². The number of carbonyl (C=O) groups excluding carboxylic acids is 2. The van der Waals surface area contributed by atoms with Crippen LogP contribution in [0, 0.1) is 5.92 Å². The quantitative estimate of drug-likeness (QED) is 0.0351. The third kappa shape index (κ3) is 30.2. The Kier molecular flexibility index (Phi) is 32.5. The molecular formula is C39H70O5. The van der Waals surface area contributed by atoms with Gasteiger partial charge in [-0.15, -0.1) is 0 Å². The molecule has 0 amide bonds. The van der Waals surface area contributed by atoms with E-state index in [9.17, 15) is 14.7 Å². The summed E-state index contributed by atoms with van der Waals surface area (Å²) >= 11 is 0. The van der Waals surface area contributed by atoms with Crippen LogP contribution in [0.3, 0.4) is 0 Å². The number of rotatable bonds is 32. The first-order valence-electron chi connectivity index (χ1n) is 18.5. The van der Waals surface area contributed by atoms with Crippen LogP contribution in [0.15, 0.2) is 36.0 Å². The van der Waals surface area contributed by atoms with Crippen LogP contribution in [-0.4, -0.2) is 36.9 Å². The molecule has 0 radical (unpaired) electrons. The van der Waals surface area contributed by atoms with Crippen LogP contribution < -0.4 is 0 Å². The maximum atomic E-state index is 12.4. The summed E-state index contributed by atoms with van der Waals surface area (Å²) in [7, 11) is 0. The lowest BCUT2D eigenvalue weighted by molar-refractivity contribution is -0.147. The van der Waals surface area contributed by atoms with Gasteiger partial charge in [0.2, 0.25) is 0 Å². The lowest BCUT2D eigenvalue weighted by Gasteiger charge is -2.15. The molecule has 0 aromatic heterocycles. The number of aliphatic hydroxyl groups excluding tert-OH is 1. The highest BCUT2D eigenvalue weighted by Gasteiger charge is 2.14. The summed E-state index contributed by atoms with van der Waals surface area (Å²) in [5, 5.41) is 9.68. The molecule has 0 aliphatic rings. The van der Waals surface area contributed by atoms with Gasteiger partial charge in [-0.3, -0.25) is 4.79 Å². The zero-order chi connectivity index (χ0) is 32.4. The third-order valence-electron chi connectivity index (χ3n) is 8.06. The molecule has 256 valence electrons. The van der Waals surface area contributed by atoms with E-state index in [0.717, 1.165) is 69.8 Å². The molecule has 5 nitrogen and oxygen atoms in total. The average Bonchev–Trinajstić information content (AvgIpc) is 3.02. The molecule has 1 atom stereocenters. The van der Waals surface area contributed by atoms with E-state index in [-0.39, 0.29) is 31.8 Å². The van der Waals surface area contributed by atoms with E-state index in [1.54, 1.807) is 6.08 Å². The van der Waals surface area contributed by atoms with Crippen LogP contribution in [0.5, 0.6) is 0 Å². The third-order valence-corrected chi connectivity index (χ3v) is 8.06. The van der Waals surface area contributed by atoms with Crippen molar-refractivity contribution in [2.75, 3.05) is 19.8 Å². The van der Waals surface area contributed by atoms with Crippen LogP contribution in [0.2, 0.25) is 0 Å². The van der Waals surface area contributed by atoms with Gasteiger partial charge >= 0.3 is 11.9 Å². The van der Waals surface area contributed by atoms with E-state index >= 15 is 0 Å². The molecule has 5 heteroatoms. The van der Waals surface area contributed by atoms with Crippen molar-refractivity contribution in [1.29, 1.82) is 0 Å². The summed E-state index contributed by atoms with van der Waals surface area (Å²) in [6.07, 6.45) is 38.0. The number of hydrogen-bond donors (Lipinski definition) is 1. The van der Waals surface area contributed by atoms with Gasteiger partial charge in [-0.05, 0) is 64.2 Å². The highest BCUT2D eigenvalue weighted by molar-refractivity contribution is 5.82. The fourth-order valence-electron chi connectivity index (χ4n) is 5.08. The average molecular weight is 619 g/mol. The van der Waals surface area contributed by atoms with E-state index in [1.165, 1.54) is 83.5 Å². The molecule has 0 aliphatic heterocycles. The summed E-state index contributed by atoms with van der Waals surface area (Å²) in [6.45, 7) is 6.58. The normalized spacial score (nSPS) is 12.8. The molecule has 0 aromatic carbocycles. The second-order valence-electron chi connectivity index (χ2n) is 12.5. The molecule has 0 heterocycles. The highest BCUT2D eigenvalue weighted by atomic mass is 16.5. The number of aliphatic hydroxyl groups is 1. The van der Waals surface area contributed by atoms with E-state index in [2.05, 4.69) is 45.1 Å². The predicted molar refractivity (Wildman–Crippen MR) is 187 cm³/mol. The number of unbranched alkanes of at least 4 members (excludes halogenated alkanes) is 16. The molecule has 0 aromatic rings. The number of ether oxygens (including phenoxy) is 2. The standard InChI is InChI=1S/C39H70O5/c1-4-7-10-12-14-15-16-17-18-19-20-21-22-23-24-26-28-31-38(41)43-34-37(33-40)35-44-39(42)32-36(29-9-6-3)30-27-25-13-11-8-5-2/h15-16,18-19,32,37,40H,4-14,17,20-31,33-35H2,1-3H3/b16-15-,19-18-,36-32+. The smallest absolute Gasteiger partial charge is 0.330 e. The van der Waals surface area contributed by atoms with Crippen molar-refractivity contribution in [3.8, 4) is 0 Å². The van der Waals surface area contributed by atoms with Gasteiger partial charge in [-0.2, -0.15) is 0 Å². The van der Waals surface area contributed by atoms with Crippen molar-refractivity contribution in [2.45, 2.75) is 175 Å². The first-order chi connectivity index (χ1) is 21.6. The predicted octanol–water partition coefficient (Wildman–Crippen LogP) is 11.1. The summed E-state index contributed by atoms with van der Waals surface area (Å²) < 4.78 is 10.8. The van der Waals surface area contributed by atoms with Gasteiger partial charge in [0.25, 0.3) is 0 Å². The van der Waals surface area contributed by atoms with Crippen molar-refractivity contribution in [3.63, 3.8) is 0 Å². The SMILES string of the molecule is CCCCCC/C=C\C/C=C\CCCCCCCCC(=O)OCC(CO)COC(=O)/C=C(\CCCC)CCCCCCCC. The van der Waals surface area contributed by atoms with Gasteiger partial charge in [0.05, 0.1) is 25.7 Å². The molecule has 1 unspecified atom stereocenters. The van der Waals surface area contributed by atoms with Crippen LogP contribution >= 0.6 is 0 Å². The zero-order valence-corrected chi connectivity index (χ0v) is 29.1. The van der Waals surface area contributed by atoms with Crippen molar-refractivity contribution in [3.05, 3.63) is 36.0 Å². The number of hydrogen-bond acceptors (Lipinski definition) is 5. The molecule has 0 aliphatic carbocycles. The molecule has 1 N–H and O–H groups in total. The van der Waals surface area contributed by atoms with E-state index in [0.29, 0.717) is 6.42 Å². The molecule has 0 rings (SSSR count). The summed E-state index contributed by atoms with van der Waals surface area (Å²) in [6, 6.07) is 0. The molecule has 44 heavy (non-hydrogen) atoms. The van der Waals surface area contributed by atoms with E-state index in [1.807, 2.05) is 0 Å². The van der Waals surface area contributed by atoms with Crippen LogP contribution in [0.4, 0.5) is 0 Å². The van der Waals surface area contributed by atoms with Gasteiger partial charge < -0.3 is 14.6 Å². The van der Waals surface area contributed by atoms with Crippen molar-refractivity contribution in [1.82, 2.24) is 0 Å². The number of esters is 2. The minimum atomic E-state index is -0.394. The second kappa shape index (κ2) is 34.0. The lowest BCUT2D eigenvalue weighted by Crippen LogP contribution is -2.23. The monoisotopic (exact) mass is 619 g/mol.